The number of ether oxygens (including phenoxy) is 3. The number of phenolic OH excluding ortho intramolecular Hbond substituents is 1. The van der Waals surface area contributed by atoms with E-state index in [1.165, 1.54) is 45.2 Å². The molecule has 10 nitrogen and oxygen atoms in total. The van der Waals surface area contributed by atoms with Crippen molar-refractivity contribution in [2.75, 3.05) is 20.3 Å². The second-order valence-corrected chi connectivity index (χ2v) is 12.3. The van der Waals surface area contributed by atoms with Crippen molar-refractivity contribution in [3.63, 3.8) is 0 Å². The number of carbonyl (C=O) groups is 4. The number of hydrogen-bond donors (Lipinski definition) is 3. The molecule has 3 N–H and O–H groups in total. The van der Waals surface area contributed by atoms with Gasteiger partial charge in [-0.15, -0.1) is 22.7 Å². The Labute approximate surface area is 257 Å². The van der Waals surface area contributed by atoms with E-state index < -0.39 is 58.5 Å². The number of carbonyl (C=O) groups excluding carboxylic acids is 2. The number of rotatable bonds is 15. The van der Waals surface area contributed by atoms with Crippen LogP contribution >= 0.6 is 22.7 Å². The van der Waals surface area contributed by atoms with Gasteiger partial charge in [0.2, 0.25) is 0 Å². The fraction of sp³-hybridized carbons (Fsp3) is 0.333. The monoisotopic (exact) mass is 650 g/mol. The minimum atomic E-state index is -1.12. The number of hydrogen-bond acceptors (Lipinski definition) is 10. The average molecular weight is 651 g/mol. The number of aliphatic carboxylic acids is 2. The Hall–Kier alpha value is -4.30. The van der Waals surface area contributed by atoms with Gasteiger partial charge in [-0.05, 0) is 12.1 Å². The summed E-state index contributed by atoms with van der Waals surface area (Å²) < 4.78 is 47.6. The van der Waals surface area contributed by atoms with Crippen molar-refractivity contribution in [3.8, 4) is 23.0 Å². The Morgan fingerprint density at radius 1 is 0.773 bits per heavy atom. The first kappa shape index (κ1) is 32.6. The van der Waals surface area contributed by atoms with Crippen molar-refractivity contribution in [2.45, 2.75) is 33.1 Å². The lowest BCUT2D eigenvalue weighted by molar-refractivity contribution is -0.141. The third-order valence-electron chi connectivity index (χ3n) is 6.76. The third kappa shape index (κ3) is 6.91. The van der Waals surface area contributed by atoms with Crippen LogP contribution in [0, 0.1) is 23.5 Å². The Balaban J connectivity index is 1.42. The second kappa shape index (κ2) is 13.6. The Kier molecular flexibility index (Phi) is 10.0. The first-order valence-electron chi connectivity index (χ1n) is 13.3. The number of methoxy groups -OCH3 is 1. The van der Waals surface area contributed by atoms with Gasteiger partial charge in [0.05, 0.1) is 41.9 Å². The third-order valence-corrected chi connectivity index (χ3v) is 9.00. The van der Waals surface area contributed by atoms with Crippen molar-refractivity contribution >= 4 is 66.4 Å². The molecule has 4 rings (SSSR count). The number of thiophene rings is 2. The number of carboxylic acids is 2. The highest BCUT2D eigenvalue weighted by Crippen LogP contribution is 2.41. The first-order valence-corrected chi connectivity index (χ1v) is 15.0. The molecule has 0 aliphatic heterocycles. The molecule has 0 aliphatic carbocycles. The van der Waals surface area contributed by atoms with Crippen LogP contribution < -0.4 is 14.2 Å². The molecular formula is C30H28F2O10S2. The van der Waals surface area contributed by atoms with E-state index in [2.05, 4.69) is 0 Å². The fourth-order valence-electron chi connectivity index (χ4n) is 4.24. The van der Waals surface area contributed by atoms with E-state index in [1.54, 1.807) is 0 Å². The van der Waals surface area contributed by atoms with E-state index in [9.17, 15) is 24.3 Å². The van der Waals surface area contributed by atoms with Gasteiger partial charge in [-0.1, -0.05) is 13.8 Å². The molecule has 0 bridgehead atoms. The summed E-state index contributed by atoms with van der Waals surface area (Å²) >= 11 is 1.94. The lowest BCUT2D eigenvalue weighted by atomic mass is 10.0. The van der Waals surface area contributed by atoms with Crippen LogP contribution in [0.3, 0.4) is 0 Å². The minimum Gasteiger partial charge on any atom is -0.504 e. The summed E-state index contributed by atoms with van der Waals surface area (Å²) in [7, 11) is 1.32. The van der Waals surface area contributed by atoms with Crippen LogP contribution in [0.1, 0.15) is 52.5 Å². The summed E-state index contributed by atoms with van der Waals surface area (Å²) in [6.07, 6.45) is -0.348. The largest absolute Gasteiger partial charge is 0.504 e. The van der Waals surface area contributed by atoms with Crippen LogP contribution in [0.4, 0.5) is 8.78 Å². The molecule has 0 spiro atoms. The Bertz CT molecular complexity index is 1760. The molecule has 234 valence electrons. The van der Waals surface area contributed by atoms with Crippen molar-refractivity contribution in [1.29, 1.82) is 0 Å². The van der Waals surface area contributed by atoms with Gasteiger partial charge in [0.25, 0.3) is 0 Å². The van der Waals surface area contributed by atoms with Crippen LogP contribution in [0.5, 0.6) is 23.0 Å². The summed E-state index contributed by atoms with van der Waals surface area (Å²) in [4.78, 5) is 47.5. The molecule has 2 heterocycles. The molecule has 4 aromatic rings. The van der Waals surface area contributed by atoms with Gasteiger partial charge in [-0.3, -0.25) is 19.2 Å². The number of aromatic hydroxyl groups is 1. The van der Waals surface area contributed by atoms with E-state index in [1.807, 2.05) is 0 Å². The summed E-state index contributed by atoms with van der Waals surface area (Å²) in [5, 5.41) is 28.6. The highest BCUT2D eigenvalue weighted by atomic mass is 32.1. The lowest BCUT2D eigenvalue weighted by Crippen LogP contribution is -2.14. The van der Waals surface area contributed by atoms with Gasteiger partial charge in [0, 0.05) is 51.6 Å². The van der Waals surface area contributed by atoms with Gasteiger partial charge in [-0.2, -0.15) is 0 Å². The van der Waals surface area contributed by atoms with Crippen LogP contribution in [0.15, 0.2) is 24.3 Å². The van der Waals surface area contributed by atoms with Crippen molar-refractivity contribution in [3.05, 3.63) is 45.7 Å². The molecule has 0 fully saturated rings. The predicted octanol–water partition coefficient (Wildman–Crippen LogP) is 6.54. The molecule has 0 amide bonds. The molecule has 0 aliphatic rings. The number of carboxylic acid groups (broad SMARTS) is 2. The molecule has 2 atom stereocenters. The van der Waals surface area contributed by atoms with Gasteiger partial charge >= 0.3 is 11.9 Å². The van der Waals surface area contributed by atoms with E-state index >= 15 is 8.78 Å². The summed E-state index contributed by atoms with van der Waals surface area (Å²) in [5.41, 5.74) is 0. The standard InChI is InChI=1S/C30H28F2O10S2/c1-13(29(36)37)7-17(33)23-9-15-21(43-23)11-19(35)27(25(15)31)41-5-4-6-42-28-20(40-3)12-22-16(26(28)32)10-24(44-22)18(34)8-14(2)30(38)39/h9-14,35H,4-8H2,1-3H3,(H,36,37)(H,38,39)/t13-,14-/m0/s1. The van der Waals surface area contributed by atoms with E-state index in [0.29, 0.717) is 4.70 Å². The zero-order chi connectivity index (χ0) is 32.3. The number of benzene rings is 2. The summed E-state index contributed by atoms with van der Waals surface area (Å²) in [5.74, 6) is -7.64. The minimum absolute atomic E-state index is 0.0384. The number of phenols is 1. The van der Waals surface area contributed by atoms with Crippen LogP contribution in [-0.2, 0) is 9.59 Å². The molecule has 44 heavy (non-hydrogen) atoms. The maximum atomic E-state index is 15.4. The zero-order valence-corrected chi connectivity index (χ0v) is 25.4. The quantitative estimate of drug-likeness (QED) is 0.0953. The van der Waals surface area contributed by atoms with Crippen LogP contribution in [-0.4, -0.2) is 59.1 Å². The predicted molar refractivity (Wildman–Crippen MR) is 159 cm³/mol. The summed E-state index contributed by atoms with van der Waals surface area (Å²) in [6, 6.07) is 5.41. The Morgan fingerprint density at radius 3 is 1.70 bits per heavy atom. The van der Waals surface area contributed by atoms with Gasteiger partial charge in [-0.25, -0.2) is 8.78 Å². The SMILES string of the molecule is COc1cc2sc(C(=O)C[C@H](C)C(=O)O)cc2c(F)c1OCCCOc1c(O)cc2sc(C(=O)C[C@H](C)C(=O)O)cc2c1F. The van der Waals surface area contributed by atoms with Crippen molar-refractivity contribution in [2.24, 2.45) is 11.8 Å². The van der Waals surface area contributed by atoms with Crippen molar-refractivity contribution < 1.29 is 57.5 Å². The normalized spacial score (nSPS) is 12.7. The number of Topliss-reactive ketones (excluding diaryl/α,β-unsaturated/α-hetero) is 2. The topological polar surface area (TPSA) is 157 Å². The fourth-order valence-corrected chi connectivity index (χ4v) is 6.32. The molecular weight excluding hydrogens is 622 g/mol. The smallest absolute Gasteiger partial charge is 0.306 e. The molecule has 0 unspecified atom stereocenters. The van der Waals surface area contributed by atoms with Crippen LogP contribution in [0.2, 0.25) is 0 Å². The van der Waals surface area contributed by atoms with E-state index in [-0.39, 0.29) is 69.2 Å². The molecule has 0 radical (unpaired) electrons. The van der Waals surface area contributed by atoms with Gasteiger partial charge < -0.3 is 29.5 Å². The van der Waals surface area contributed by atoms with Crippen LogP contribution in [0.25, 0.3) is 20.2 Å². The lowest BCUT2D eigenvalue weighted by Gasteiger charge is -2.13. The van der Waals surface area contributed by atoms with E-state index in [4.69, 9.17) is 24.4 Å². The molecule has 2 aromatic carbocycles. The highest BCUT2D eigenvalue weighted by Gasteiger charge is 2.24. The first-order chi connectivity index (χ1) is 20.8. The van der Waals surface area contributed by atoms with Crippen molar-refractivity contribution in [1.82, 2.24) is 0 Å². The molecule has 0 saturated carbocycles. The summed E-state index contributed by atoms with van der Waals surface area (Å²) in [6.45, 7) is 2.59. The zero-order valence-electron chi connectivity index (χ0n) is 23.8. The number of ketones is 2. The molecule has 0 saturated heterocycles. The average Bonchev–Trinajstić information content (AvgIpc) is 3.60. The number of halogens is 2. The maximum absolute atomic E-state index is 15.4. The van der Waals surface area contributed by atoms with E-state index in [0.717, 1.165) is 22.7 Å². The maximum Gasteiger partial charge on any atom is 0.306 e. The second-order valence-electron chi connectivity index (χ2n) is 10.1. The highest BCUT2D eigenvalue weighted by molar-refractivity contribution is 7.21. The Morgan fingerprint density at radius 2 is 1.23 bits per heavy atom. The van der Waals surface area contributed by atoms with Gasteiger partial charge in [0.15, 0.2) is 46.2 Å². The van der Waals surface area contributed by atoms with Gasteiger partial charge in [0.1, 0.15) is 0 Å². The molecule has 2 aromatic heterocycles. The molecule has 14 heteroatoms. The number of fused-ring (bicyclic) bond motifs is 2.